The van der Waals surface area contributed by atoms with Gasteiger partial charge in [0, 0.05) is 34.1 Å². The fraction of sp³-hybridized carbons (Fsp3) is 0.211. The molecule has 0 spiro atoms. The minimum Gasteiger partial charge on any atom is -0.497 e. The second-order valence-corrected chi connectivity index (χ2v) is 7.78. The van der Waals surface area contributed by atoms with E-state index in [0.29, 0.717) is 23.1 Å². The number of hydrogen-bond donors (Lipinski definition) is 1. The van der Waals surface area contributed by atoms with Crippen LogP contribution in [0.5, 0.6) is 5.75 Å². The molecule has 0 fully saturated rings. The van der Waals surface area contributed by atoms with Crippen LogP contribution in [0.15, 0.2) is 53.5 Å². The van der Waals surface area contributed by atoms with E-state index in [4.69, 9.17) is 4.74 Å². The Morgan fingerprint density at radius 3 is 2.96 bits per heavy atom. The number of allylic oxidation sites excluding steroid dienone is 1. The third-order valence-corrected chi connectivity index (χ3v) is 5.53. The molecule has 3 rings (SSSR count). The Morgan fingerprint density at radius 1 is 1.41 bits per heavy atom. The number of thioether (sulfide) groups is 1. The largest absolute Gasteiger partial charge is 0.497 e. The molecule has 2 aromatic heterocycles. The van der Waals surface area contributed by atoms with E-state index < -0.39 is 0 Å². The monoisotopic (exact) mass is 400 g/mol. The van der Waals surface area contributed by atoms with Crippen LogP contribution >= 0.6 is 23.1 Å². The first-order chi connectivity index (χ1) is 13.1. The zero-order chi connectivity index (χ0) is 19.2. The summed E-state index contributed by atoms with van der Waals surface area (Å²) >= 11 is 3.02. The van der Waals surface area contributed by atoms with Gasteiger partial charge in [-0.25, -0.2) is 0 Å². The van der Waals surface area contributed by atoms with Crippen molar-refractivity contribution in [1.29, 1.82) is 0 Å². The third-order valence-electron chi connectivity index (χ3n) is 3.70. The van der Waals surface area contributed by atoms with E-state index >= 15 is 0 Å². The van der Waals surface area contributed by atoms with Crippen molar-refractivity contribution in [2.45, 2.75) is 18.6 Å². The van der Waals surface area contributed by atoms with Crippen molar-refractivity contribution in [3.05, 3.63) is 53.2 Å². The number of thiophene rings is 1. The van der Waals surface area contributed by atoms with E-state index in [9.17, 15) is 4.79 Å². The highest BCUT2D eigenvalue weighted by Crippen LogP contribution is 2.27. The Balaban J connectivity index is 1.69. The zero-order valence-corrected chi connectivity index (χ0v) is 16.8. The molecular weight excluding hydrogens is 380 g/mol. The van der Waals surface area contributed by atoms with E-state index in [1.807, 2.05) is 22.8 Å². The Kier molecular flexibility index (Phi) is 6.31. The van der Waals surface area contributed by atoms with Crippen LogP contribution in [0.2, 0.25) is 0 Å². The van der Waals surface area contributed by atoms with Crippen LogP contribution in [-0.2, 0) is 11.3 Å². The lowest BCUT2D eigenvalue weighted by Crippen LogP contribution is -2.14. The second-order valence-electron chi connectivity index (χ2n) is 5.72. The predicted molar refractivity (Wildman–Crippen MR) is 111 cm³/mol. The van der Waals surface area contributed by atoms with Gasteiger partial charge in [0.25, 0.3) is 0 Å². The number of aryl methyl sites for hydroxylation is 1. The van der Waals surface area contributed by atoms with Gasteiger partial charge in [-0.2, -0.15) is 0 Å². The average molecular weight is 401 g/mol. The van der Waals surface area contributed by atoms with Crippen LogP contribution in [-0.4, -0.2) is 33.5 Å². The normalized spacial score (nSPS) is 10.6. The summed E-state index contributed by atoms with van der Waals surface area (Å²) in [7, 11) is 1.59. The standard InChI is InChI=1S/C19H20N4O2S2/c1-4-8-23-18(14-9-13(2)26-11-14)21-22-19(23)27-12-17(24)20-15-6-5-7-16(10-15)25-3/h4-7,9-11H,1,8,12H2,2-3H3,(H,20,24). The number of anilines is 1. The molecule has 0 unspecified atom stereocenters. The first-order valence-corrected chi connectivity index (χ1v) is 10.1. The minimum absolute atomic E-state index is 0.116. The molecule has 8 heteroatoms. The van der Waals surface area contributed by atoms with Gasteiger partial charge in [0.15, 0.2) is 11.0 Å². The molecule has 0 saturated carbocycles. The van der Waals surface area contributed by atoms with Crippen molar-refractivity contribution in [2.75, 3.05) is 18.2 Å². The van der Waals surface area contributed by atoms with Crippen molar-refractivity contribution in [3.63, 3.8) is 0 Å². The number of nitrogens with one attached hydrogen (secondary N) is 1. The molecule has 1 amide bonds. The summed E-state index contributed by atoms with van der Waals surface area (Å²) in [6, 6.07) is 9.34. The highest BCUT2D eigenvalue weighted by molar-refractivity contribution is 7.99. The van der Waals surface area contributed by atoms with E-state index in [0.717, 1.165) is 11.4 Å². The fourth-order valence-electron chi connectivity index (χ4n) is 2.49. The average Bonchev–Trinajstić information content (AvgIpc) is 3.26. The third kappa shape index (κ3) is 4.78. The molecule has 0 saturated heterocycles. The number of carbonyl (C=O) groups is 1. The molecule has 140 valence electrons. The zero-order valence-electron chi connectivity index (χ0n) is 15.1. The minimum atomic E-state index is -0.116. The van der Waals surface area contributed by atoms with E-state index in [1.165, 1.54) is 16.6 Å². The molecule has 3 aromatic rings. The quantitative estimate of drug-likeness (QED) is 0.452. The number of aromatic nitrogens is 3. The number of benzene rings is 1. The number of amides is 1. The van der Waals surface area contributed by atoms with Crippen molar-refractivity contribution < 1.29 is 9.53 Å². The number of hydrogen-bond acceptors (Lipinski definition) is 6. The molecular formula is C19H20N4O2S2. The number of methoxy groups -OCH3 is 1. The molecule has 0 aliphatic heterocycles. The lowest BCUT2D eigenvalue weighted by Gasteiger charge is -2.08. The Bertz CT molecular complexity index is 949. The SMILES string of the molecule is C=CCn1c(SCC(=O)Nc2cccc(OC)c2)nnc1-c1csc(C)c1. The van der Waals surface area contributed by atoms with Gasteiger partial charge in [-0.05, 0) is 25.1 Å². The van der Waals surface area contributed by atoms with Gasteiger partial charge in [0.05, 0.1) is 12.9 Å². The maximum absolute atomic E-state index is 12.3. The molecule has 0 bridgehead atoms. The summed E-state index contributed by atoms with van der Waals surface area (Å²) in [4.78, 5) is 13.5. The smallest absolute Gasteiger partial charge is 0.234 e. The van der Waals surface area contributed by atoms with Gasteiger partial charge >= 0.3 is 0 Å². The number of ether oxygens (including phenoxy) is 1. The summed E-state index contributed by atoms with van der Waals surface area (Å²) in [5.41, 5.74) is 1.72. The summed E-state index contributed by atoms with van der Waals surface area (Å²) in [6.07, 6.45) is 1.80. The Morgan fingerprint density at radius 2 is 2.26 bits per heavy atom. The Labute approximate surface area is 166 Å². The molecule has 6 nitrogen and oxygen atoms in total. The second kappa shape index (κ2) is 8.88. The maximum atomic E-state index is 12.3. The lowest BCUT2D eigenvalue weighted by atomic mass is 10.3. The first kappa shape index (κ1) is 19.2. The number of carbonyl (C=O) groups excluding carboxylic acids is 1. The van der Waals surface area contributed by atoms with Crippen LogP contribution in [0.3, 0.4) is 0 Å². The van der Waals surface area contributed by atoms with E-state index in [-0.39, 0.29) is 11.7 Å². The van der Waals surface area contributed by atoms with Gasteiger partial charge in [-0.3, -0.25) is 9.36 Å². The van der Waals surface area contributed by atoms with Crippen molar-refractivity contribution in [1.82, 2.24) is 14.8 Å². The van der Waals surface area contributed by atoms with Crippen LogP contribution in [0, 0.1) is 6.92 Å². The molecule has 2 heterocycles. The van der Waals surface area contributed by atoms with Gasteiger partial charge in [-0.15, -0.1) is 28.1 Å². The van der Waals surface area contributed by atoms with Crippen LogP contribution < -0.4 is 10.1 Å². The van der Waals surface area contributed by atoms with Crippen LogP contribution in [0.4, 0.5) is 5.69 Å². The topological polar surface area (TPSA) is 69.0 Å². The number of nitrogens with zero attached hydrogens (tertiary/aromatic N) is 3. The summed E-state index contributed by atoms with van der Waals surface area (Å²) in [5, 5.41) is 14.2. The van der Waals surface area contributed by atoms with Crippen molar-refractivity contribution in [3.8, 4) is 17.1 Å². The van der Waals surface area contributed by atoms with Gasteiger partial charge in [0.2, 0.25) is 5.91 Å². The molecule has 0 radical (unpaired) electrons. The van der Waals surface area contributed by atoms with Gasteiger partial charge in [0.1, 0.15) is 5.75 Å². The van der Waals surface area contributed by atoms with E-state index in [1.54, 1.807) is 30.6 Å². The fourth-order valence-corrected chi connectivity index (χ4v) is 3.92. The van der Waals surface area contributed by atoms with Crippen LogP contribution in [0.25, 0.3) is 11.4 Å². The summed E-state index contributed by atoms with van der Waals surface area (Å²) in [5.74, 6) is 1.60. The molecule has 1 aromatic carbocycles. The Hall–Kier alpha value is -2.58. The number of rotatable bonds is 8. The molecule has 27 heavy (non-hydrogen) atoms. The van der Waals surface area contributed by atoms with Crippen LogP contribution in [0.1, 0.15) is 4.88 Å². The van der Waals surface area contributed by atoms with E-state index in [2.05, 4.69) is 40.5 Å². The van der Waals surface area contributed by atoms with Gasteiger partial charge < -0.3 is 10.1 Å². The first-order valence-electron chi connectivity index (χ1n) is 8.27. The summed E-state index contributed by atoms with van der Waals surface area (Å²) in [6.45, 7) is 6.45. The predicted octanol–water partition coefficient (Wildman–Crippen LogP) is 4.24. The van der Waals surface area contributed by atoms with Crippen molar-refractivity contribution in [2.24, 2.45) is 0 Å². The summed E-state index contributed by atoms with van der Waals surface area (Å²) < 4.78 is 7.14. The maximum Gasteiger partial charge on any atom is 0.234 e. The highest BCUT2D eigenvalue weighted by Gasteiger charge is 2.16. The lowest BCUT2D eigenvalue weighted by molar-refractivity contribution is -0.113. The molecule has 0 aliphatic carbocycles. The molecule has 0 aliphatic rings. The van der Waals surface area contributed by atoms with Crippen molar-refractivity contribution >= 4 is 34.7 Å². The highest BCUT2D eigenvalue weighted by atomic mass is 32.2. The molecule has 0 atom stereocenters. The van der Waals surface area contributed by atoms with Gasteiger partial charge in [-0.1, -0.05) is 23.9 Å². The molecule has 1 N–H and O–H groups in total.